The Balaban J connectivity index is 1.90. The third kappa shape index (κ3) is 3.86. The second-order valence-corrected chi connectivity index (χ2v) is 4.73. The van der Waals surface area contributed by atoms with Crippen molar-refractivity contribution in [3.05, 3.63) is 36.0 Å². The van der Waals surface area contributed by atoms with Crippen molar-refractivity contribution in [2.24, 2.45) is 0 Å². The van der Waals surface area contributed by atoms with Crippen molar-refractivity contribution in [3.8, 4) is 5.75 Å². The maximum absolute atomic E-state index is 5.68. The SMILES string of the molecule is CCn1cc(OCc2occc2CNC(C)C)cn1. The van der Waals surface area contributed by atoms with Gasteiger partial charge in [0.25, 0.3) is 0 Å². The monoisotopic (exact) mass is 263 g/mol. The van der Waals surface area contributed by atoms with Crippen molar-refractivity contribution >= 4 is 0 Å². The lowest BCUT2D eigenvalue weighted by atomic mass is 10.2. The molecule has 0 spiro atoms. The van der Waals surface area contributed by atoms with E-state index in [1.165, 1.54) is 0 Å². The van der Waals surface area contributed by atoms with Crippen LogP contribution in [0.15, 0.2) is 29.1 Å². The number of hydrogen-bond donors (Lipinski definition) is 1. The highest BCUT2D eigenvalue weighted by molar-refractivity contribution is 5.18. The van der Waals surface area contributed by atoms with Gasteiger partial charge < -0.3 is 14.5 Å². The predicted molar refractivity (Wildman–Crippen MR) is 72.9 cm³/mol. The Morgan fingerprint density at radius 3 is 3.00 bits per heavy atom. The number of furan rings is 1. The van der Waals surface area contributed by atoms with E-state index in [0.29, 0.717) is 12.6 Å². The van der Waals surface area contributed by atoms with Crippen LogP contribution in [0.4, 0.5) is 0 Å². The summed E-state index contributed by atoms with van der Waals surface area (Å²) in [6.45, 7) is 8.34. The number of aromatic nitrogens is 2. The van der Waals surface area contributed by atoms with Gasteiger partial charge in [-0.2, -0.15) is 5.10 Å². The molecule has 0 aliphatic rings. The number of nitrogens with zero attached hydrogens (tertiary/aromatic N) is 2. The van der Waals surface area contributed by atoms with Gasteiger partial charge in [0.2, 0.25) is 0 Å². The molecule has 104 valence electrons. The molecule has 0 amide bonds. The van der Waals surface area contributed by atoms with E-state index < -0.39 is 0 Å². The molecule has 2 heterocycles. The van der Waals surface area contributed by atoms with Gasteiger partial charge in [0, 0.05) is 24.7 Å². The normalized spacial score (nSPS) is 11.2. The van der Waals surface area contributed by atoms with Crippen molar-refractivity contribution in [1.29, 1.82) is 0 Å². The van der Waals surface area contributed by atoms with Gasteiger partial charge in [0.15, 0.2) is 5.75 Å². The van der Waals surface area contributed by atoms with Gasteiger partial charge in [0.1, 0.15) is 12.4 Å². The van der Waals surface area contributed by atoms with Gasteiger partial charge in [0.05, 0.1) is 18.7 Å². The Labute approximate surface area is 113 Å². The lowest BCUT2D eigenvalue weighted by Crippen LogP contribution is -2.22. The number of nitrogens with one attached hydrogen (secondary N) is 1. The Hall–Kier alpha value is -1.75. The van der Waals surface area contributed by atoms with Gasteiger partial charge in [-0.25, -0.2) is 0 Å². The van der Waals surface area contributed by atoms with Crippen LogP contribution in [-0.4, -0.2) is 15.8 Å². The molecule has 0 bridgehead atoms. The van der Waals surface area contributed by atoms with Crippen molar-refractivity contribution in [2.45, 2.75) is 46.5 Å². The quantitative estimate of drug-likeness (QED) is 0.834. The first kappa shape index (κ1) is 13.7. The molecule has 5 heteroatoms. The van der Waals surface area contributed by atoms with E-state index in [-0.39, 0.29) is 0 Å². The van der Waals surface area contributed by atoms with Crippen LogP contribution < -0.4 is 10.1 Å². The van der Waals surface area contributed by atoms with Crippen molar-refractivity contribution < 1.29 is 9.15 Å². The van der Waals surface area contributed by atoms with E-state index in [1.54, 1.807) is 12.5 Å². The number of aryl methyl sites for hydroxylation is 1. The van der Waals surface area contributed by atoms with Crippen molar-refractivity contribution in [1.82, 2.24) is 15.1 Å². The summed E-state index contributed by atoms with van der Waals surface area (Å²) in [5.74, 6) is 1.62. The molecule has 0 aliphatic heterocycles. The lowest BCUT2D eigenvalue weighted by molar-refractivity contribution is 0.267. The molecule has 0 radical (unpaired) electrons. The molecule has 0 saturated carbocycles. The van der Waals surface area contributed by atoms with Crippen LogP contribution in [0.5, 0.6) is 5.75 Å². The predicted octanol–water partition coefficient (Wildman–Crippen LogP) is 2.57. The van der Waals surface area contributed by atoms with Crippen LogP contribution in [0.1, 0.15) is 32.1 Å². The van der Waals surface area contributed by atoms with Crippen molar-refractivity contribution in [3.63, 3.8) is 0 Å². The van der Waals surface area contributed by atoms with Crippen LogP contribution in [0, 0.1) is 0 Å². The van der Waals surface area contributed by atoms with Gasteiger partial charge in [-0.3, -0.25) is 4.68 Å². The van der Waals surface area contributed by atoms with Gasteiger partial charge in [-0.1, -0.05) is 13.8 Å². The molecule has 0 saturated heterocycles. The topological polar surface area (TPSA) is 52.2 Å². The zero-order valence-corrected chi connectivity index (χ0v) is 11.7. The lowest BCUT2D eigenvalue weighted by Gasteiger charge is -2.08. The Kier molecular flexibility index (Phi) is 4.63. The third-order valence-electron chi connectivity index (χ3n) is 2.84. The highest BCUT2D eigenvalue weighted by Crippen LogP contribution is 2.15. The fourth-order valence-electron chi connectivity index (χ4n) is 1.71. The van der Waals surface area contributed by atoms with E-state index in [0.717, 1.165) is 30.2 Å². The fraction of sp³-hybridized carbons (Fsp3) is 0.500. The smallest absolute Gasteiger partial charge is 0.157 e. The standard InChI is InChI=1S/C14H21N3O2/c1-4-17-9-13(8-16-17)19-10-14-12(5-6-18-14)7-15-11(2)3/h5-6,8-9,11,15H,4,7,10H2,1-3H3. The summed E-state index contributed by atoms with van der Waals surface area (Å²) in [6.07, 6.45) is 5.30. The molecule has 2 rings (SSSR count). The minimum Gasteiger partial charge on any atom is -0.482 e. The summed E-state index contributed by atoms with van der Waals surface area (Å²) < 4.78 is 13.0. The largest absolute Gasteiger partial charge is 0.482 e. The molecule has 0 aromatic carbocycles. The highest BCUT2D eigenvalue weighted by atomic mass is 16.5. The Morgan fingerprint density at radius 2 is 2.32 bits per heavy atom. The zero-order valence-electron chi connectivity index (χ0n) is 11.7. The van der Waals surface area contributed by atoms with Gasteiger partial charge in [-0.05, 0) is 13.0 Å². The number of hydrogen-bond acceptors (Lipinski definition) is 4. The first-order valence-electron chi connectivity index (χ1n) is 6.63. The fourth-order valence-corrected chi connectivity index (χ4v) is 1.71. The molecule has 0 atom stereocenters. The Bertz CT molecular complexity index is 502. The molecular formula is C14H21N3O2. The number of rotatable bonds is 7. The summed E-state index contributed by atoms with van der Waals surface area (Å²) >= 11 is 0. The summed E-state index contributed by atoms with van der Waals surface area (Å²) in [5, 5.41) is 7.53. The van der Waals surface area contributed by atoms with Gasteiger partial charge in [-0.15, -0.1) is 0 Å². The summed E-state index contributed by atoms with van der Waals surface area (Å²) in [6, 6.07) is 2.43. The molecule has 1 N–H and O–H groups in total. The molecular weight excluding hydrogens is 242 g/mol. The van der Waals surface area contributed by atoms with Crippen molar-refractivity contribution in [2.75, 3.05) is 0 Å². The molecule has 2 aromatic rings. The van der Waals surface area contributed by atoms with E-state index in [1.807, 2.05) is 23.9 Å². The first-order chi connectivity index (χ1) is 9.19. The molecule has 2 aromatic heterocycles. The molecule has 0 unspecified atom stereocenters. The van der Waals surface area contributed by atoms with Gasteiger partial charge >= 0.3 is 0 Å². The molecule has 19 heavy (non-hydrogen) atoms. The molecule has 0 fully saturated rings. The molecule has 5 nitrogen and oxygen atoms in total. The maximum Gasteiger partial charge on any atom is 0.157 e. The van der Waals surface area contributed by atoms with Crippen LogP contribution in [0.25, 0.3) is 0 Å². The summed E-state index contributed by atoms with van der Waals surface area (Å²) in [5.41, 5.74) is 1.14. The third-order valence-corrected chi connectivity index (χ3v) is 2.84. The van der Waals surface area contributed by atoms with E-state index in [9.17, 15) is 0 Å². The van der Waals surface area contributed by atoms with E-state index >= 15 is 0 Å². The minimum atomic E-state index is 0.428. The van der Waals surface area contributed by atoms with Crippen LogP contribution in [0.2, 0.25) is 0 Å². The summed E-state index contributed by atoms with van der Waals surface area (Å²) in [4.78, 5) is 0. The minimum absolute atomic E-state index is 0.428. The second kappa shape index (κ2) is 6.43. The van der Waals surface area contributed by atoms with E-state index in [4.69, 9.17) is 9.15 Å². The average molecular weight is 263 g/mol. The second-order valence-electron chi connectivity index (χ2n) is 4.73. The van der Waals surface area contributed by atoms with Crippen LogP contribution in [-0.2, 0) is 19.7 Å². The van der Waals surface area contributed by atoms with E-state index in [2.05, 4.69) is 24.3 Å². The average Bonchev–Trinajstić information content (AvgIpc) is 3.02. The number of ether oxygens (including phenoxy) is 1. The highest BCUT2D eigenvalue weighted by Gasteiger charge is 2.08. The van der Waals surface area contributed by atoms with Crippen LogP contribution in [0.3, 0.4) is 0 Å². The van der Waals surface area contributed by atoms with Crippen LogP contribution >= 0.6 is 0 Å². The molecule has 0 aliphatic carbocycles. The summed E-state index contributed by atoms with van der Waals surface area (Å²) in [7, 11) is 0. The first-order valence-corrected chi connectivity index (χ1v) is 6.63. The zero-order chi connectivity index (χ0) is 13.7. The maximum atomic E-state index is 5.68. The Morgan fingerprint density at radius 1 is 1.47 bits per heavy atom.